The molecule has 2 aromatic heterocycles. The highest BCUT2D eigenvalue weighted by Crippen LogP contribution is 2.08. The molecule has 0 aliphatic carbocycles. The van der Waals surface area contributed by atoms with Gasteiger partial charge in [0.05, 0.1) is 5.69 Å². The van der Waals surface area contributed by atoms with Crippen LogP contribution < -0.4 is 0 Å². The lowest BCUT2D eigenvalue weighted by atomic mass is 10.2. The number of hydrogen-bond donors (Lipinski definition) is 0. The first-order valence-electron chi connectivity index (χ1n) is 5.93. The lowest BCUT2D eigenvalue weighted by molar-refractivity contribution is 0.0790. The summed E-state index contributed by atoms with van der Waals surface area (Å²) in [6.45, 7) is 0.615. The number of carbonyl (C=O) groups excluding carboxylic acids is 1. The quantitative estimate of drug-likeness (QED) is 0.808. The molecule has 0 aliphatic heterocycles. The minimum absolute atomic E-state index is 0.0859. The number of aryl methyl sites for hydroxylation is 1. The van der Waals surface area contributed by atoms with Gasteiger partial charge < -0.3 is 4.90 Å². The summed E-state index contributed by atoms with van der Waals surface area (Å²) in [5.74, 6) is -0.0859. The van der Waals surface area contributed by atoms with Gasteiger partial charge in [-0.05, 0) is 34.1 Å². The van der Waals surface area contributed by atoms with Gasteiger partial charge in [-0.1, -0.05) is 6.07 Å². The predicted molar refractivity (Wildman–Crippen MR) is 75.8 cm³/mol. The highest BCUT2D eigenvalue weighted by molar-refractivity contribution is 9.10. The molecule has 6 heteroatoms. The van der Waals surface area contributed by atoms with Crippen LogP contribution >= 0.6 is 15.9 Å². The van der Waals surface area contributed by atoms with Crippen LogP contribution in [0.15, 0.2) is 35.1 Å². The second kappa shape index (κ2) is 5.97. The lowest BCUT2D eigenvalue weighted by Gasteiger charge is -2.15. The Kier molecular flexibility index (Phi) is 4.31. The van der Waals surface area contributed by atoms with Gasteiger partial charge in [-0.2, -0.15) is 5.10 Å². The first kappa shape index (κ1) is 13.7. The van der Waals surface area contributed by atoms with E-state index in [2.05, 4.69) is 26.0 Å². The number of hydrogen-bond acceptors (Lipinski definition) is 3. The number of halogens is 1. The molecule has 0 saturated heterocycles. The maximum Gasteiger partial charge on any atom is 0.272 e. The van der Waals surface area contributed by atoms with E-state index in [4.69, 9.17) is 0 Å². The Morgan fingerprint density at radius 1 is 1.42 bits per heavy atom. The van der Waals surface area contributed by atoms with E-state index in [1.165, 1.54) is 0 Å². The lowest BCUT2D eigenvalue weighted by Crippen LogP contribution is -2.29. The Bertz CT molecular complexity index is 582. The first-order valence-corrected chi connectivity index (χ1v) is 6.72. The Morgan fingerprint density at radius 3 is 2.84 bits per heavy atom. The third-order valence-electron chi connectivity index (χ3n) is 2.75. The fraction of sp³-hybridized carbons (Fsp3) is 0.308. The van der Waals surface area contributed by atoms with Crippen molar-refractivity contribution < 1.29 is 4.79 Å². The number of nitrogens with zero attached hydrogens (tertiary/aromatic N) is 4. The first-order chi connectivity index (χ1) is 9.06. The minimum atomic E-state index is -0.0859. The number of likely N-dealkylation sites (N-methyl/N-ethyl adjacent to an activating group) is 1. The number of pyridine rings is 1. The van der Waals surface area contributed by atoms with Crippen molar-refractivity contribution in [3.63, 3.8) is 0 Å². The summed E-state index contributed by atoms with van der Waals surface area (Å²) in [6.07, 6.45) is 2.63. The molecule has 0 radical (unpaired) electrons. The average Bonchev–Trinajstić information content (AvgIpc) is 2.81. The van der Waals surface area contributed by atoms with E-state index in [0.717, 1.165) is 12.1 Å². The average molecular weight is 323 g/mol. The Balaban J connectivity index is 1.96. The smallest absolute Gasteiger partial charge is 0.272 e. The summed E-state index contributed by atoms with van der Waals surface area (Å²) >= 11 is 3.26. The fourth-order valence-electron chi connectivity index (χ4n) is 1.70. The molecule has 0 aromatic carbocycles. The zero-order chi connectivity index (χ0) is 13.8. The molecule has 0 atom stereocenters. The highest BCUT2D eigenvalue weighted by Gasteiger charge is 2.13. The SMILES string of the molecule is CN(CCc1ccn(C)n1)C(=O)c1cccc(Br)n1. The van der Waals surface area contributed by atoms with Crippen LogP contribution in [0.2, 0.25) is 0 Å². The molecule has 0 aliphatic rings. The minimum Gasteiger partial charge on any atom is -0.340 e. The van der Waals surface area contributed by atoms with Gasteiger partial charge in [0.1, 0.15) is 10.3 Å². The van der Waals surface area contributed by atoms with Crippen molar-refractivity contribution >= 4 is 21.8 Å². The monoisotopic (exact) mass is 322 g/mol. The summed E-state index contributed by atoms with van der Waals surface area (Å²) in [5.41, 5.74) is 1.42. The van der Waals surface area contributed by atoms with Gasteiger partial charge in [0.25, 0.3) is 5.91 Å². The van der Waals surface area contributed by atoms with Gasteiger partial charge in [-0.15, -0.1) is 0 Å². The van der Waals surface area contributed by atoms with Crippen LogP contribution in [0.4, 0.5) is 0 Å². The van der Waals surface area contributed by atoms with Crippen molar-refractivity contribution in [1.82, 2.24) is 19.7 Å². The van der Waals surface area contributed by atoms with Crippen LogP contribution in [-0.2, 0) is 13.5 Å². The fourth-order valence-corrected chi connectivity index (χ4v) is 2.05. The topological polar surface area (TPSA) is 51.0 Å². The molecule has 19 heavy (non-hydrogen) atoms. The molecule has 0 bridgehead atoms. The molecule has 2 heterocycles. The van der Waals surface area contributed by atoms with E-state index in [1.807, 2.05) is 19.3 Å². The summed E-state index contributed by atoms with van der Waals surface area (Å²) in [6, 6.07) is 7.27. The van der Waals surface area contributed by atoms with E-state index in [1.54, 1.807) is 34.8 Å². The highest BCUT2D eigenvalue weighted by atomic mass is 79.9. The molecular weight excluding hydrogens is 308 g/mol. The molecule has 0 fully saturated rings. The number of carbonyl (C=O) groups is 1. The van der Waals surface area contributed by atoms with E-state index in [0.29, 0.717) is 16.8 Å². The number of aromatic nitrogens is 3. The van der Waals surface area contributed by atoms with E-state index >= 15 is 0 Å². The second-order valence-corrected chi connectivity index (χ2v) is 5.12. The van der Waals surface area contributed by atoms with E-state index in [9.17, 15) is 4.79 Å². The molecular formula is C13H15BrN4O. The van der Waals surface area contributed by atoms with Gasteiger partial charge in [0.15, 0.2) is 0 Å². The third-order valence-corrected chi connectivity index (χ3v) is 3.19. The molecule has 0 saturated carbocycles. The molecule has 2 rings (SSSR count). The molecule has 1 amide bonds. The normalized spacial score (nSPS) is 10.5. The van der Waals surface area contributed by atoms with Crippen molar-refractivity contribution in [2.45, 2.75) is 6.42 Å². The van der Waals surface area contributed by atoms with Crippen LogP contribution in [-0.4, -0.2) is 39.2 Å². The van der Waals surface area contributed by atoms with Crippen LogP contribution in [0.3, 0.4) is 0 Å². The van der Waals surface area contributed by atoms with Crippen molar-refractivity contribution in [2.75, 3.05) is 13.6 Å². The van der Waals surface area contributed by atoms with Gasteiger partial charge in [-0.3, -0.25) is 9.48 Å². The number of rotatable bonds is 4. The van der Waals surface area contributed by atoms with E-state index < -0.39 is 0 Å². The summed E-state index contributed by atoms with van der Waals surface area (Å²) < 4.78 is 2.42. The van der Waals surface area contributed by atoms with Crippen molar-refractivity contribution in [3.8, 4) is 0 Å². The van der Waals surface area contributed by atoms with Gasteiger partial charge >= 0.3 is 0 Å². The van der Waals surface area contributed by atoms with E-state index in [-0.39, 0.29) is 5.91 Å². The molecule has 0 spiro atoms. The molecule has 0 unspecified atom stereocenters. The van der Waals surface area contributed by atoms with Crippen LogP contribution in [0.1, 0.15) is 16.2 Å². The standard InChI is InChI=1S/C13H15BrN4O/c1-17(8-6-10-7-9-18(2)16-10)13(19)11-4-3-5-12(14)15-11/h3-5,7,9H,6,8H2,1-2H3. The largest absolute Gasteiger partial charge is 0.340 e. The molecule has 5 nitrogen and oxygen atoms in total. The Hall–Kier alpha value is -1.69. The van der Waals surface area contributed by atoms with Crippen molar-refractivity contribution in [2.24, 2.45) is 7.05 Å². The Morgan fingerprint density at radius 2 is 2.21 bits per heavy atom. The summed E-state index contributed by atoms with van der Waals surface area (Å²) in [4.78, 5) is 18.0. The number of amides is 1. The summed E-state index contributed by atoms with van der Waals surface area (Å²) in [5, 5.41) is 4.28. The zero-order valence-electron chi connectivity index (χ0n) is 10.9. The third kappa shape index (κ3) is 3.64. The van der Waals surface area contributed by atoms with Gasteiger partial charge in [0.2, 0.25) is 0 Å². The van der Waals surface area contributed by atoms with Crippen molar-refractivity contribution in [1.29, 1.82) is 0 Å². The van der Waals surface area contributed by atoms with Crippen LogP contribution in [0.5, 0.6) is 0 Å². The summed E-state index contributed by atoms with van der Waals surface area (Å²) in [7, 11) is 3.65. The van der Waals surface area contributed by atoms with Gasteiger partial charge in [0, 0.05) is 33.3 Å². The second-order valence-electron chi connectivity index (χ2n) is 4.30. The predicted octanol–water partition coefficient (Wildman–Crippen LogP) is 1.89. The molecule has 100 valence electrons. The van der Waals surface area contributed by atoms with Crippen LogP contribution in [0, 0.1) is 0 Å². The zero-order valence-corrected chi connectivity index (χ0v) is 12.5. The maximum atomic E-state index is 12.1. The van der Waals surface area contributed by atoms with Crippen LogP contribution in [0.25, 0.3) is 0 Å². The Labute approximate surface area is 120 Å². The molecule has 0 N–H and O–H groups in total. The van der Waals surface area contributed by atoms with Crippen molar-refractivity contribution in [3.05, 3.63) is 46.5 Å². The van der Waals surface area contributed by atoms with Gasteiger partial charge in [-0.25, -0.2) is 4.98 Å². The molecule has 2 aromatic rings. The maximum absolute atomic E-state index is 12.1.